The standard InChI is InChI=1S/C22H35N3O2/c1-23(15-16-27-2)22(26)20-9-6-12-25(18-20)21-10-13-24(14-11-21)17-19-7-4-3-5-8-19/h3-5,7-8,20-21H,6,9-18H2,1-2H3/t20-/m1/s1. The molecule has 2 aliphatic heterocycles. The number of carbonyl (C=O) groups is 1. The van der Waals surface area contributed by atoms with Crippen molar-refractivity contribution < 1.29 is 9.53 Å². The number of benzene rings is 1. The minimum absolute atomic E-state index is 0.156. The predicted octanol–water partition coefficient (Wildman–Crippen LogP) is 2.47. The molecular formula is C22H35N3O2. The van der Waals surface area contributed by atoms with E-state index in [-0.39, 0.29) is 5.92 Å². The molecule has 27 heavy (non-hydrogen) atoms. The second-order valence-corrected chi connectivity index (χ2v) is 8.08. The van der Waals surface area contributed by atoms with Crippen LogP contribution in [0.1, 0.15) is 31.2 Å². The van der Waals surface area contributed by atoms with Gasteiger partial charge in [0.05, 0.1) is 12.5 Å². The third-order valence-corrected chi connectivity index (χ3v) is 6.13. The van der Waals surface area contributed by atoms with Gasteiger partial charge in [-0.2, -0.15) is 0 Å². The van der Waals surface area contributed by atoms with Gasteiger partial charge in [0.15, 0.2) is 0 Å². The van der Waals surface area contributed by atoms with Crippen molar-refractivity contribution in [2.24, 2.45) is 5.92 Å². The highest BCUT2D eigenvalue weighted by atomic mass is 16.5. The molecule has 0 spiro atoms. The average molecular weight is 374 g/mol. The molecule has 2 heterocycles. The molecule has 2 fully saturated rings. The molecule has 1 aromatic carbocycles. The second kappa shape index (κ2) is 10.2. The van der Waals surface area contributed by atoms with E-state index in [9.17, 15) is 4.79 Å². The van der Waals surface area contributed by atoms with E-state index < -0.39 is 0 Å². The number of rotatable bonds is 7. The van der Waals surface area contributed by atoms with Gasteiger partial charge >= 0.3 is 0 Å². The van der Waals surface area contributed by atoms with Gasteiger partial charge < -0.3 is 9.64 Å². The molecule has 0 radical (unpaired) electrons. The van der Waals surface area contributed by atoms with Gasteiger partial charge in [-0.25, -0.2) is 0 Å². The van der Waals surface area contributed by atoms with Gasteiger partial charge in [-0.15, -0.1) is 0 Å². The minimum Gasteiger partial charge on any atom is -0.383 e. The fourth-order valence-corrected chi connectivity index (χ4v) is 4.47. The highest BCUT2D eigenvalue weighted by Crippen LogP contribution is 2.25. The summed E-state index contributed by atoms with van der Waals surface area (Å²) in [6, 6.07) is 11.4. The van der Waals surface area contributed by atoms with E-state index in [1.165, 1.54) is 18.4 Å². The maximum atomic E-state index is 12.7. The first kappa shape index (κ1) is 20.3. The normalized spacial score (nSPS) is 22.7. The molecule has 0 saturated carbocycles. The van der Waals surface area contributed by atoms with Gasteiger partial charge in [-0.1, -0.05) is 30.3 Å². The Labute approximate surface area is 164 Å². The molecule has 5 heteroatoms. The Kier molecular flexibility index (Phi) is 7.68. The third-order valence-electron chi connectivity index (χ3n) is 6.13. The molecule has 150 valence electrons. The van der Waals surface area contributed by atoms with Crippen LogP contribution in [-0.2, 0) is 16.1 Å². The van der Waals surface area contributed by atoms with Crippen LogP contribution in [0.2, 0.25) is 0 Å². The number of hydrogen-bond acceptors (Lipinski definition) is 4. The first-order valence-corrected chi connectivity index (χ1v) is 10.4. The molecule has 0 aromatic heterocycles. The van der Waals surface area contributed by atoms with Gasteiger partial charge in [0.1, 0.15) is 0 Å². The number of nitrogens with zero attached hydrogens (tertiary/aromatic N) is 3. The highest BCUT2D eigenvalue weighted by molar-refractivity contribution is 5.78. The van der Waals surface area contributed by atoms with Crippen LogP contribution >= 0.6 is 0 Å². The zero-order valence-corrected chi connectivity index (χ0v) is 17.0. The summed E-state index contributed by atoms with van der Waals surface area (Å²) in [7, 11) is 3.59. The van der Waals surface area contributed by atoms with Crippen molar-refractivity contribution in [3.8, 4) is 0 Å². The first-order valence-electron chi connectivity index (χ1n) is 10.4. The Hall–Kier alpha value is -1.43. The van der Waals surface area contributed by atoms with Crippen molar-refractivity contribution >= 4 is 5.91 Å². The zero-order chi connectivity index (χ0) is 19.1. The largest absolute Gasteiger partial charge is 0.383 e. The number of likely N-dealkylation sites (tertiary alicyclic amines) is 2. The van der Waals surface area contributed by atoms with Crippen LogP contribution in [0.4, 0.5) is 0 Å². The number of amides is 1. The average Bonchev–Trinajstić information content (AvgIpc) is 2.73. The Morgan fingerprint density at radius 3 is 2.59 bits per heavy atom. The Morgan fingerprint density at radius 2 is 1.89 bits per heavy atom. The quantitative estimate of drug-likeness (QED) is 0.736. The van der Waals surface area contributed by atoms with Crippen LogP contribution in [0.3, 0.4) is 0 Å². The summed E-state index contributed by atoms with van der Waals surface area (Å²) in [5, 5.41) is 0. The number of piperidine rings is 2. The molecule has 1 amide bonds. The van der Waals surface area contributed by atoms with Crippen LogP contribution in [0, 0.1) is 5.92 Å². The number of carbonyl (C=O) groups excluding carboxylic acids is 1. The first-order chi connectivity index (χ1) is 13.2. The topological polar surface area (TPSA) is 36.0 Å². The fraction of sp³-hybridized carbons (Fsp3) is 0.682. The smallest absolute Gasteiger partial charge is 0.226 e. The van der Waals surface area contributed by atoms with Crippen molar-refractivity contribution in [3.63, 3.8) is 0 Å². The lowest BCUT2D eigenvalue weighted by Gasteiger charge is -2.42. The van der Waals surface area contributed by atoms with Crippen LogP contribution in [0.5, 0.6) is 0 Å². The second-order valence-electron chi connectivity index (χ2n) is 8.08. The molecule has 1 aromatic rings. The van der Waals surface area contributed by atoms with E-state index >= 15 is 0 Å². The molecule has 2 saturated heterocycles. The Bertz CT molecular complexity index is 572. The summed E-state index contributed by atoms with van der Waals surface area (Å²) in [5.41, 5.74) is 1.40. The zero-order valence-electron chi connectivity index (χ0n) is 17.0. The molecular weight excluding hydrogens is 338 g/mol. The number of likely N-dealkylation sites (N-methyl/N-ethyl adjacent to an activating group) is 1. The molecule has 0 bridgehead atoms. The van der Waals surface area contributed by atoms with Crippen molar-refractivity contribution in [1.29, 1.82) is 0 Å². The summed E-state index contributed by atoms with van der Waals surface area (Å²) in [6.45, 7) is 6.74. The highest BCUT2D eigenvalue weighted by Gasteiger charge is 2.32. The van der Waals surface area contributed by atoms with Crippen LogP contribution in [0.25, 0.3) is 0 Å². The molecule has 2 aliphatic rings. The van der Waals surface area contributed by atoms with Gasteiger partial charge in [0, 0.05) is 39.8 Å². The van der Waals surface area contributed by atoms with Gasteiger partial charge in [0.25, 0.3) is 0 Å². The molecule has 5 nitrogen and oxygen atoms in total. The van der Waals surface area contributed by atoms with E-state index in [1.54, 1.807) is 7.11 Å². The number of methoxy groups -OCH3 is 1. The van der Waals surface area contributed by atoms with Crippen LogP contribution < -0.4 is 0 Å². The van der Waals surface area contributed by atoms with E-state index in [0.29, 0.717) is 25.1 Å². The summed E-state index contributed by atoms with van der Waals surface area (Å²) in [5.74, 6) is 0.446. The molecule has 0 aliphatic carbocycles. The minimum atomic E-state index is 0.156. The molecule has 3 rings (SSSR count). The van der Waals surface area contributed by atoms with E-state index in [0.717, 1.165) is 45.6 Å². The molecule has 0 N–H and O–H groups in total. The van der Waals surface area contributed by atoms with E-state index in [1.807, 2.05) is 11.9 Å². The monoisotopic (exact) mass is 373 g/mol. The third kappa shape index (κ3) is 5.77. The number of ether oxygens (including phenoxy) is 1. The van der Waals surface area contributed by atoms with Crippen molar-refractivity contribution in [3.05, 3.63) is 35.9 Å². The summed E-state index contributed by atoms with van der Waals surface area (Å²) in [4.78, 5) is 19.7. The van der Waals surface area contributed by atoms with Crippen LogP contribution in [0.15, 0.2) is 30.3 Å². The summed E-state index contributed by atoms with van der Waals surface area (Å²) in [6.07, 6.45) is 4.60. The molecule has 0 unspecified atom stereocenters. The Balaban J connectivity index is 1.46. The van der Waals surface area contributed by atoms with Gasteiger partial charge in [-0.3, -0.25) is 14.6 Å². The Morgan fingerprint density at radius 1 is 1.15 bits per heavy atom. The van der Waals surface area contributed by atoms with E-state index in [2.05, 4.69) is 40.1 Å². The lowest BCUT2D eigenvalue weighted by atomic mass is 9.93. The van der Waals surface area contributed by atoms with Crippen LogP contribution in [-0.4, -0.2) is 80.1 Å². The van der Waals surface area contributed by atoms with Crippen molar-refractivity contribution in [2.75, 3.05) is 53.5 Å². The number of hydrogen-bond donors (Lipinski definition) is 0. The molecule has 1 atom stereocenters. The van der Waals surface area contributed by atoms with Gasteiger partial charge in [0.2, 0.25) is 5.91 Å². The van der Waals surface area contributed by atoms with E-state index in [4.69, 9.17) is 4.74 Å². The maximum absolute atomic E-state index is 12.7. The summed E-state index contributed by atoms with van der Waals surface area (Å²) < 4.78 is 5.11. The summed E-state index contributed by atoms with van der Waals surface area (Å²) >= 11 is 0. The van der Waals surface area contributed by atoms with Gasteiger partial charge in [-0.05, 0) is 50.9 Å². The fourth-order valence-electron chi connectivity index (χ4n) is 4.47. The lowest BCUT2D eigenvalue weighted by Crippen LogP contribution is -2.51. The predicted molar refractivity (Wildman–Crippen MR) is 109 cm³/mol. The lowest BCUT2D eigenvalue weighted by molar-refractivity contribution is -0.137. The van der Waals surface area contributed by atoms with Crippen molar-refractivity contribution in [1.82, 2.24) is 14.7 Å². The van der Waals surface area contributed by atoms with Crippen molar-refractivity contribution in [2.45, 2.75) is 38.3 Å². The SMILES string of the molecule is COCCN(C)C(=O)[C@@H]1CCCN(C2CCN(Cc3ccccc3)CC2)C1. The maximum Gasteiger partial charge on any atom is 0.226 e.